The van der Waals surface area contributed by atoms with Crippen LogP contribution in [0.25, 0.3) is 11.1 Å². The van der Waals surface area contributed by atoms with Crippen LogP contribution in [0.5, 0.6) is 0 Å². The van der Waals surface area contributed by atoms with Crippen molar-refractivity contribution in [2.24, 2.45) is 0 Å². The predicted molar refractivity (Wildman–Crippen MR) is 162 cm³/mol. The van der Waals surface area contributed by atoms with Gasteiger partial charge in [-0.15, -0.1) is 0 Å². The van der Waals surface area contributed by atoms with Crippen molar-refractivity contribution in [2.45, 2.75) is 55.0 Å². The molecule has 192 valence electrons. The van der Waals surface area contributed by atoms with E-state index in [1.165, 1.54) is 71.9 Å². The third-order valence-electron chi connectivity index (χ3n) is 8.89. The molecule has 0 N–H and O–H groups in total. The number of rotatable bonds is 6. The van der Waals surface area contributed by atoms with Crippen molar-refractivity contribution < 1.29 is 21.3 Å². The first kappa shape index (κ1) is 25.1. The number of allylic oxidation sites excluding steroid dienone is 4. The van der Waals surface area contributed by atoms with Crippen molar-refractivity contribution in [3.8, 4) is 11.1 Å². The van der Waals surface area contributed by atoms with Crippen molar-refractivity contribution in [3.05, 3.63) is 152 Å². The molecule has 0 unspecified atom stereocenters. The van der Waals surface area contributed by atoms with E-state index < -0.39 is 21.3 Å². The second-order valence-corrected chi connectivity index (χ2v) is 18.3. The SMILES string of the molecule is C1=CC[C]([Zr](=[C]2CCCCC2)[CH]2c3ccc(Cc4ccccc4)cc3-c3cc(Cc4ccccc4)ccc32)=C1. The van der Waals surface area contributed by atoms with Gasteiger partial charge in [-0.05, 0) is 0 Å². The number of hydrogen-bond acceptors (Lipinski definition) is 0. The van der Waals surface area contributed by atoms with Crippen LogP contribution in [-0.4, -0.2) is 3.21 Å². The van der Waals surface area contributed by atoms with E-state index in [0.29, 0.717) is 3.63 Å². The summed E-state index contributed by atoms with van der Waals surface area (Å²) in [5.74, 6) is 0. The average molecular weight is 584 g/mol. The van der Waals surface area contributed by atoms with Gasteiger partial charge in [0.15, 0.2) is 0 Å². The predicted octanol–water partition coefficient (Wildman–Crippen LogP) is 9.54. The van der Waals surface area contributed by atoms with Crippen molar-refractivity contribution in [3.63, 3.8) is 0 Å². The van der Waals surface area contributed by atoms with Gasteiger partial charge >= 0.3 is 243 Å². The van der Waals surface area contributed by atoms with Gasteiger partial charge < -0.3 is 0 Å². The Morgan fingerprint density at radius 2 is 1.15 bits per heavy atom. The molecule has 0 nitrogen and oxygen atoms in total. The Morgan fingerprint density at radius 3 is 1.67 bits per heavy atom. The monoisotopic (exact) mass is 582 g/mol. The van der Waals surface area contributed by atoms with Crippen LogP contribution in [0, 0.1) is 0 Å². The zero-order valence-electron chi connectivity index (χ0n) is 22.7. The Bertz CT molecular complexity index is 1490. The van der Waals surface area contributed by atoms with Crippen LogP contribution in [0.4, 0.5) is 0 Å². The van der Waals surface area contributed by atoms with E-state index in [4.69, 9.17) is 0 Å². The molecule has 4 aromatic carbocycles. The third kappa shape index (κ3) is 5.19. The zero-order chi connectivity index (χ0) is 26.0. The summed E-state index contributed by atoms with van der Waals surface area (Å²) in [6.45, 7) is 0. The fraction of sp³-hybridized carbons (Fsp3) is 0.237. The Labute approximate surface area is 241 Å². The van der Waals surface area contributed by atoms with E-state index >= 15 is 0 Å². The maximum atomic E-state index is 2.54. The Balaban J connectivity index is 1.36. The first-order valence-corrected chi connectivity index (χ1v) is 18.6. The fourth-order valence-electron chi connectivity index (χ4n) is 7.05. The molecule has 0 amide bonds. The molecule has 3 aliphatic carbocycles. The Morgan fingerprint density at radius 1 is 0.590 bits per heavy atom. The van der Waals surface area contributed by atoms with Gasteiger partial charge in [-0.2, -0.15) is 0 Å². The van der Waals surface area contributed by atoms with Crippen molar-refractivity contribution in [2.75, 3.05) is 0 Å². The van der Waals surface area contributed by atoms with Crippen LogP contribution in [0.15, 0.2) is 119 Å². The normalized spacial score (nSPS) is 16.2. The molecule has 0 saturated heterocycles. The van der Waals surface area contributed by atoms with Gasteiger partial charge in [-0.25, -0.2) is 0 Å². The van der Waals surface area contributed by atoms with Crippen LogP contribution >= 0.6 is 0 Å². The van der Waals surface area contributed by atoms with Gasteiger partial charge in [0.2, 0.25) is 0 Å². The quantitative estimate of drug-likeness (QED) is 0.212. The molecule has 4 aromatic rings. The van der Waals surface area contributed by atoms with E-state index in [-0.39, 0.29) is 0 Å². The summed E-state index contributed by atoms with van der Waals surface area (Å²) in [5, 5.41) is 0. The maximum absolute atomic E-state index is 2.54. The number of fused-ring (bicyclic) bond motifs is 3. The standard InChI is InChI=1S/C27H21.C6H10.C5H5.Zr/c1-3-7-20(8-4-1)15-22-11-13-24-19-25-14-12-23(18-27(25)26(24)17-22)16-21-9-5-2-6-10-21;1-2-4-6-5-3-1;1-2-4-5-3-1;/h1-14,17-19H,15-16H2;1-5H2;1-3H,4H2;. The average Bonchev–Trinajstić information content (AvgIpc) is 3.62. The van der Waals surface area contributed by atoms with Gasteiger partial charge in [-0.1, -0.05) is 0 Å². The molecular formula is C38H36Zr. The van der Waals surface area contributed by atoms with Crippen molar-refractivity contribution in [1.29, 1.82) is 0 Å². The van der Waals surface area contributed by atoms with Crippen LogP contribution in [0.1, 0.15) is 75.5 Å². The van der Waals surface area contributed by atoms with Crippen molar-refractivity contribution in [1.82, 2.24) is 0 Å². The van der Waals surface area contributed by atoms with Gasteiger partial charge in [0, 0.05) is 0 Å². The zero-order valence-corrected chi connectivity index (χ0v) is 25.2. The summed E-state index contributed by atoms with van der Waals surface area (Å²) in [7, 11) is 0. The summed E-state index contributed by atoms with van der Waals surface area (Å²) >= 11 is -2.12. The van der Waals surface area contributed by atoms with Gasteiger partial charge in [0.05, 0.1) is 0 Å². The molecular weight excluding hydrogens is 548 g/mol. The molecule has 0 bridgehead atoms. The number of hydrogen-bond donors (Lipinski definition) is 0. The molecule has 3 aliphatic rings. The summed E-state index contributed by atoms with van der Waals surface area (Å²) in [6, 6.07) is 36.9. The van der Waals surface area contributed by atoms with Crippen LogP contribution in [0.3, 0.4) is 0 Å². The molecule has 0 aliphatic heterocycles. The van der Waals surface area contributed by atoms with E-state index in [1.54, 1.807) is 11.1 Å². The minimum absolute atomic E-state index is 0.619. The van der Waals surface area contributed by atoms with Gasteiger partial charge in [-0.3, -0.25) is 0 Å². The summed E-state index contributed by atoms with van der Waals surface area (Å²) in [5.41, 5.74) is 11.9. The molecule has 1 saturated carbocycles. The summed E-state index contributed by atoms with van der Waals surface area (Å²) < 4.78 is 4.43. The molecule has 0 heterocycles. The molecule has 0 spiro atoms. The molecule has 1 fully saturated rings. The van der Waals surface area contributed by atoms with Crippen LogP contribution in [-0.2, 0) is 34.1 Å². The first-order valence-electron chi connectivity index (χ1n) is 14.8. The van der Waals surface area contributed by atoms with E-state index in [0.717, 1.165) is 12.8 Å². The second-order valence-electron chi connectivity index (χ2n) is 11.5. The molecule has 39 heavy (non-hydrogen) atoms. The topological polar surface area (TPSA) is 0 Å². The Kier molecular flexibility index (Phi) is 7.28. The molecule has 1 heteroatoms. The van der Waals surface area contributed by atoms with Crippen LogP contribution in [0.2, 0.25) is 0 Å². The van der Waals surface area contributed by atoms with Gasteiger partial charge in [0.1, 0.15) is 0 Å². The molecule has 0 aromatic heterocycles. The fourth-order valence-corrected chi connectivity index (χ4v) is 16.5. The van der Waals surface area contributed by atoms with Gasteiger partial charge in [0.25, 0.3) is 0 Å². The summed E-state index contributed by atoms with van der Waals surface area (Å²) in [4.78, 5) is 0. The van der Waals surface area contributed by atoms with E-state index in [2.05, 4.69) is 115 Å². The third-order valence-corrected chi connectivity index (χ3v) is 17.6. The molecule has 7 rings (SSSR count). The van der Waals surface area contributed by atoms with E-state index in [1.807, 2.05) is 6.49 Å². The second kappa shape index (κ2) is 11.3. The Hall–Kier alpha value is -2.89. The van der Waals surface area contributed by atoms with Crippen LogP contribution < -0.4 is 0 Å². The van der Waals surface area contributed by atoms with E-state index in [9.17, 15) is 0 Å². The van der Waals surface area contributed by atoms with Crippen molar-refractivity contribution >= 4 is 3.21 Å². The summed E-state index contributed by atoms with van der Waals surface area (Å²) in [6.07, 6.45) is 17.4. The first-order chi connectivity index (χ1) is 19.3. The molecule has 0 radical (unpaired) electrons. The molecule has 0 atom stereocenters. The minimum atomic E-state index is -2.12. The number of benzene rings is 4.